The molecule has 0 aliphatic carbocycles. The average Bonchev–Trinajstić information content (AvgIpc) is 2.61. The van der Waals surface area contributed by atoms with Crippen LogP contribution in [0.3, 0.4) is 0 Å². The highest BCUT2D eigenvalue weighted by atomic mass is 32.2. The second-order valence-corrected chi connectivity index (χ2v) is 4.56. The van der Waals surface area contributed by atoms with Crippen LogP contribution in [0.5, 0.6) is 0 Å². The van der Waals surface area contributed by atoms with E-state index in [9.17, 15) is 4.79 Å². The van der Waals surface area contributed by atoms with Gasteiger partial charge in [0.05, 0.1) is 5.25 Å². The zero-order valence-corrected chi connectivity index (χ0v) is 8.93. The third kappa shape index (κ3) is 1.77. The van der Waals surface area contributed by atoms with Gasteiger partial charge >= 0.3 is 0 Å². The Labute approximate surface area is 88.1 Å². The van der Waals surface area contributed by atoms with Crippen LogP contribution in [0.2, 0.25) is 0 Å². The van der Waals surface area contributed by atoms with Crippen molar-refractivity contribution in [2.45, 2.75) is 23.5 Å². The molecule has 0 spiro atoms. The SMILES string of the molecule is CCNC(=O)C1Cc2ccccc2S1. The van der Waals surface area contributed by atoms with Crippen LogP contribution in [0.4, 0.5) is 0 Å². The molecule has 0 saturated carbocycles. The Morgan fingerprint density at radius 3 is 3.07 bits per heavy atom. The lowest BCUT2D eigenvalue weighted by molar-refractivity contribution is -0.120. The fraction of sp³-hybridized carbons (Fsp3) is 0.364. The van der Waals surface area contributed by atoms with Gasteiger partial charge in [-0.3, -0.25) is 4.79 Å². The Morgan fingerprint density at radius 2 is 2.36 bits per heavy atom. The van der Waals surface area contributed by atoms with Crippen LogP contribution in [0, 0.1) is 0 Å². The van der Waals surface area contributed by atoms with E-state index in [2.05, 4.69) is 17.4 Å². The van der Waals surface area contributed by atoms with Gasteiger partial charge in [-0.2, -0.15) is 0 Å². The maximum Gasteiger partial charge on any atom is 0.233 e. The molecule has 1 aliphatic rings. The van der Waals surface area contributed by atoms with Crippen LogP contribution in [0.25, 0.3) is 0 Å². The van der Waals surface area contributed by atoms with Gasteiger partial charge in [-0.15, -0.1) is 11.8 Å². The first-order valence-electron chi connectivity index (χ1n) is 4.83. The fourth-order valence-corrected chi connectivity index (χ4v) is 2.84. The molecular formula is C11H13NOS. The summed E-state index contributed by atoms with van der Waals surface area (Å²) < 4.78 is 0. The van der Waals surface area contributed by atoms with Gasteiger partial charge in [0.25, 0.3) is 0 Å². The third-order valence-corrected chi connectivity index (χ3v) is 3.61. The highest BCUT2D eigenvalue weighted by Gasteiger charge is 2.27. The Balaban J connectivity index is 2.08. The van der Waals surface area contributed by atoms with Gasteiger partial charge in [-0.25, -0.2) is 0 Å². The number of benzene rings is 1. The van der Waals surface area contributed by atoms with Crippen molar-refractivity contribution in [1.82, 2.24) is 5.32 Å². The van der Waals surface area contributed by atoms with Gasteiger partial charge < -0.3 is 5.32 Å². The monoisotopic (exact) mass is 207 g/mol. The van der Waals surface area contributed by atoms with Crippen LogP contribution in [0.15, 0.2) is 29.2 Å². The number of fused-ring (bicyclic) bond motifs is 1. The minimum Gasteiger partial charge on any atom is -0.355 e. The summed E-state index contributed by atoms with van der Waals surface area (Å²) in [6.07, 6.45) is 0.868. The number of hydrogen-bond acceptors (Lipinski definition) is 2. The minimum atomic E-state index is 0.0762. The summed E-state index contributed by atoms with van der Waals surface area (Å²) in [5.41, 5.74) is 1.30. The van der Waals surface area contributed by atoms with Crippen molar-refractivity contribution in [3.05, 3.63) is 29.8 Å². The zero-order chi connectivity index (χ0) is 9.97. The molecule has 1 unspecified atom stereocenters. The highest BCUT2D eigenvalue weighted by Crippen LogP contribution is 2.36. The van der Waals surface area contributed by atoms with E-state index in [0.717, 1.165) is 6.42 Å². The molecule has 3 heteroatoms. The Morgan fingerprint density at radius 1 is 1.57 bits per heavy atom. The number of thioether (sulfide) groups is 1. The fourth-order valence-electron chi connectivity index (χ4n) is 1.62. The first kappa shape index (κ1) is 9.59. The summed E-state index contributed by atoms with van der Waals surface area (Å²) in [6, 6.07) is 8.23. The van der Waals surface area contributed by atoms with Crippen molar-refractivity contribution in [3.63, 3.8) is 0 Å². The summed E-state index contributed by atoms with van der Waals surface area (Å²) in [7, 11) is 0. The van der Waals surface area contributed by atoms with E-state index in [1.54, 1.807) is 11.8 Å². The van der Waals surface area contributed by atoms with E-state index in [1.807, 2.05) is 19.1 Å². The van der Waals surface area contributed by atoms with Crippen molar-refractivity contribution < 1.29 is 4.79 Å². The van der Waals surface area contributed by atoms with E-state index in [4.69, 9.17) is 0 Å². The molecular weight excluding hydrogens is 194 g/mol. The molecule has 2 nitrogen and oxygen atoms in total. The van der Waals surface area contributed by atoms with Gasteiger partial charge in [0.15, 0.2) is 0 Å². The molecule has 0 radical (unpaired) electrons. The summed E-state index contributed by atoms with van der Waals surface area (Å²) in [4.78, 5) is 12.8. The lowest BCUT2D eigenvalue weighted by Gasteiger charge is -2.07. The maximum absolute atomic E-state index is 11.6. The van der Waals surface area contributed by atoms with Crippen molar-refractivity contribution in [3.8, 4) is 0 Å². The first-order valence-corrected chi connectivity index (χ1v) is 5.71. The number of carbonyl (C=O) groups excluding carboxylic acids is 1. The van der Waals surface area contributed by atoms with E-state index in [0.29, 0.717) is 6.54 Å². The quantitative estimate of drug-likeness (QED) is 0.801. The molecule has 1 aromatic rings. The Kier molecular flexibility index (Phi) is 2.77. The Bertz CT molecular complexity index is 326. The minimum absolute atomic E-state index is 0.0762. The van der Waals surface area contributed by atoms with Gasteiger partial charge in [0.2, 0.25) is 5.91 Å². The first-order chi connectivity index (χ1) is 6.81. The number of rotatable bonds is 2. The van der Waals surface area contributed by atoms with Crippen molar-refractivity contribution in [2.24, 2.45) is 0 Å². The normalized spacial score (nSPS) is 19.1. The highest BCUT2D eigenvalue weighted by molar-refractivity contribution is 8.01. The molecule has 1 amide bonds. The van der Waals surface area contributed by atoms with E-state index in [-0.39, 0.29) is 11.2 Å². The summed E-state index contributed by atoms with van der Waals surface area (Å²) in [5, 5.41) is 2.94. The molecule has 74 valence electrons. The number of carbonyl (C=O) groups is 1. The Hall–Kier alpha value is -0.960. The van der Waals surface area contributed by atoms with Gasteiger partial charge in [0.1, 0.15) is 0 Å². The molecule has 1 heterocycles. The van der Waals surface area contributed by atoms with Crippen LogP contribution in [-0.2, 0) is 11.2 Å². The lowest BCUT2D eigenvalue weighted by atomic mass is 10.1. The van der Waals surface area contributed by atoms with E-state index >= 15 is 0 Å². The van der Waals surface area contributed by atoms with Crippen LogP contribution in [-0.4, -0.2) is 17.7 Å². The molecule has 2 rings (SSSR count). The van der Waals surface area contributed by atoms with Crippen molar-refractivity contribution in [2.75, 3.05) is 6.54 Å². The number of nitrogens with one attached hydrogen (secondary N) is 1. The molecule has 1 N–H and O–H groups in total. The van der Waals surface area contributed by atoms with E-state index < -0.39 is 0 Å². The molecule has 0 fully saturated rings. The second kappa shape index (κ2) is 4.05. The van der Waals surface area contributed by atoms with Crippen molar-refractivity contribution >= 4 is 17.7 Å². The second-order valence-electron chi connectivity index (χ2n) is 3.31. The predicted molar refractivity (Wildman–Crippen MR) is 58.5 cm³/mol. The molecule has 14 heavy (non-hydrogen) atoms. The zero-order valence-electron chi connectivity index (χ0n) is 8.12. The largest absolute Gasteiger partial charge is 0.355 e. The smallest absolute Gasteiger partial charge is 0.233 e. The predicted octanol–water partition coefficient (Wildman–Crippen LogP) is 1.84. The molecule has 1 aromatic carbocycles. The number of amides is 1. The summed E-state index contributed by atoms with van der Waals surface area (Å²) in [6.45, 7) is 2.66. The third-order valence-electron chi connectivity index (χ3n) is 2.29. The van der Waals surface area contributed by atoms with Gasteiger partial charge in [-0.05, 0) is 25.0 Å². The molecule has 0 bridgehead atoms. The molecule has 1 atom stereocenters. The van der Waals surface area contributed by atoms with Crippen LogP contribution < -0.4 is 5.32 Å². The molecule has 0 aromatic heterocycles. The van der Waals surface area contributed by atoms with Gasteiger partial charge in [0, 0.05) is 11.4 Å². The average molecular weight is 207 g/mol. The number of hydrogen-bond donors (Lipinski definition) is 1. The summed E-state index contributed by atoms with van der Waals surface area (Å²) >= 11 is 1.67. The maximum atomic E-state index is 11.6. The van der Waals surface area contributed by atoms with Crippen LogP contribution >= 0.6 is 11.8 Å². The lowest BCUT2D eigenvalue weighted by Crippen LogP contribution is -2.32. The topological polar surface area (TPSA) is 29.1 Å². The van der Waals surface area contributed by atoms with Gasteiger partial charge in [-0.1, -0.05) is 18.2 Å². The van der Waals surface area contributed by atoms with E-state index in [1.165, 1.54) is 10.5 Å². The van der Waals surface area contributed by atoms with Crippen LogP contribution in [0.1, 0.15) is 12.5 Å². The molecule has 0 saturated heterocycles. The summed E-state index contributed by atoms with van der Waals surface area (Å²) in [5.74, 6) is 0.161. The standard InChI is InChI=1S/C11H13NOS/c1-2-12-11(13)10-7-8-5-3-4-6-9(8)14-10/h3-6,10H,2,7H2,1H3,(H,12,13). The molecule has 1 aliphatic heterocycles. The van der Waals surface area contributed by atoms with Crippen molar-refractivity contribution in [1.29, 1.82) is 0 Å².